The molecule has 188 valence electrons. The Morgan fingerprint density at radius 1 is 1.03 bits per heavy atom. The number of nitrogens with zero attached hydrogens (tertiary/aromatic N) is 2. The fraction of sp³-hybridized carbons (Fsp3) is 0.538. The zero-order chi connectivity index (χ0) is 25.1. The summed E-state index contributed by atoms with van der Waals surface area (Å²) in [5.41, 5.74) is 1.02. The van der Waals surface area contributed by atoms with Crippen LogP contribution >= 0.6 is 0 Å². The monoisotopic (exact) mass is 473 g/mol. The van der Waals surface area contributed by atoms with Gasteiger partial charge in [-0.15, -0.1) is 0 Å². The van der Waals surface area contributed by atoms with Crippen LogP contribution in [0.15, 0.2) is 34.7 Å². The third-order valence-electron chi connectivity index (χ3n) is 5.53. The number of nitrogens with one attached hydrogen (secondary N) is 1. The Bertz CT molecular complexity index is 925. The van der Waals surface area contributed by atoms with E-state index >= 15 is 0 Å². The first kappa shape index (κ1) is 27.1. The summed E-state index contributed by atoms with van der Waals surface area (Å²) in [5, 5.41) is 2.82. The van der Waals surface area contributed by atoms with E-state index in [0.717, 1.165) is 17.7 Å². The third-order valence-corrected chi connectivity index (χ3v) is 5.53. The van der Waals surface area contributed by atoms with E-state index < -0.39 is 0 Å². The Balaban J connectivity index is 2.17. The van der Waals surface area contributed by atoms with Crippen molar-refractivity contribution in [2.75, 3.05) is 40.4 Å². The van der Waals surface area contributed by atoms with Crippen molar-refractivity contribution in [1.82, 2.24) is 15.1 Å². The molecule has 8 nitrogen and oxygen atoms in total. The zero-order valence-electron chi connectivity index (χ0n) is 21.3. The summed E-state index contributed by atoms with van der Waals surface area (Å²) in [7, 11) is 3.20. The quantitative estimate of drug-likeness (QED) is 0.470. The molecule has 0 saturated carbocycles. The number of methoxy groups -OCH3 is 2. The summed E-state index contributed by atoms with van der Waals surface area (Å²) < 4.78 is 16.5. The van der Waals surface area contributed by atoms with Crippen molar-refractivity contribution in [3.05, 3.63) is 47.4 Å². The number of amides is 3. The van der Waals surface area contributed by atoms with Gasteiger partial charge in [0.05, 0.1) is 20.8 Å². The van der Waals surface area contributed by atoms with Crippen molar-refractivity contribution in [3.8, 4) is 11.5 Å². The second-order valence-electron chi connectivity index (χ2n) is 8.71. The molecule has 0 atom stereocenters. The van der Waals surface area contributed by atoms with Crippen molar-refractivity contribution < 1.29 is 23.5 Å². The highest BCUT2D eigenvalue weighted by Crippen LogP contribution is 2.27. The SMILES string of the molecule is CCNC(=O)N(CCC(C)C)CC(=O)N(CCc1ccc(OC)c(OC)c1)Cc1ccc(C)o1. The van der Waals surface area contributed by atoms with Crippen LogP contribution in [-0.4, -0.2) is 62.1 Å². The highest BCUT2D eigenvalue weighted by molar-refractivity contribution is 5.84. The van der Waals surface area contributed by atoms with Gasteiger partial charge < -0.3 is 29.0 Å². The van der Waals surface area contributed by atoms with Gasteiger partial charge in [0, 0.05) is 19.6 Å². The van der Waals surface area contributed by atoms with E-state index in [1.165, 1.54) is 0 Å². The minimum atomic E-state index is -0.217. The first-order valence-corrected chi connectivity index (χ1v) is 11.8. The van der Waals surface area contributed by atoms with E-state index in [4.69, 9.17) is 13.9 Å². The van der Waals surface area contributed by atoms with Crippen LogP contribution in [-0.2, 0) is 17.8 Å². The molecule has 0 aliphatic rings. The Hall–Kier alpha value is -3.16. The number of hydrogen-bond acceptors (Lipinski definition) is 5. The van der Waals surface area contributed by atoms with Gasteiger partial charge in [-0.2, -0.15) is 0 Å². The molecule has 0 radical (unpaired) electrons. The number of furan rings is 1. The number of hydrogen-bond donors (Lipinski definition) is 1. The maximum absolute atomic E-state index is 13.4. The smallest absolute Gasteiger partial charge is 0.317 e. The molecule has 0 saturated heterocycles. The number of benzene rings is 1. The number of urea groups is 1. The molecule has 2 aromatic rings. The number of ether oxygens (including phenoxy) is 2. The maximum atomic E-state index is 13.4. The number of carbonyl (C=O) groups is 2. The second kappa shape index (κ2) is 13.5. The molecule has 0 aliphatic heterocycles. The molecule has 3 amide bonds. The lowest BCUT2D eigenvalue weighted by Gasteiger charge is -2.28. The van der Waals surface area contributed by atoms with Crippen molar-refractivity contribution in [3.63, 3.8) is 0 Å². The van der Waals surface area contributed by atoms with Crippen LogP contribution in [0.1, 0.15) is 44.3 Å². The average Bonchev–Trinajstić information content (AvgIpc) is 3.23. The fourth-order valence-electron chi connectivity index (χ4n) is 3.54. The minimum Gasteiger partial charge on any atom is -0.493 e. The first-order chi connectivity index (χ1) is 16.3. The van der Waals surface area contributed by atoms with Crippen molar-refractivity contribution in [2.24, 2.45) is 5.92 Å². The van der Waals surface area contributed by atoms with E-state index in [0.29, 0.717) is 55.8 Å². The molecule has 8 heteroatoms. The molecule has 34 heavy (non-hydrogen) atoms. The van der Waals surface area contributed by atoms with Gasteiger partial charge in [0.15, 0.2) is 11.5 Å². The lowest BCUT2D eigenvalue weighted by molar-refractivity contribution is -0.132. The Kier molecular flexibility index (Phi) is 10.8. The van der Waals surface area contributed by atoms with Crippen molar-refractivity contribution in [1.29, 1.82) is 0 Å². The molecule has 0 bridgehead atoms. The molecule has 2 rings (SSSR count). The van der Waals surface area contributed by atoms with Crippen LogP contribution in [0, 0.1) is 12.8 Å². The standard InChI is InChI=1S/C26H39N3O5/c1-7-27-26(31)29(14-12-19(2)3)18-25(30)28(17-22-10-8-20(4)34-22)15-13-21-9-11-23(32-5)24(16-21)33-6/h8-11,16,19H,7,12-15,17-18H2,1-6H3,(H,27,31). The molecule has 1 N–H and O–H groups in total. The number of aryl methyl sites for hydroxylation is 1. The first-order valence-electron chi connectivity index (χ1n) is 11.8. The van der Waals surface area contributed by atoms with Crippen LogP contribution in [0.25, 0.3) is 0 Å². The summed E-state index contributed by atoms with van der Waals surface area (Å²) in [4.78, 5) is 29.3. The summed E-state index contributed by atoms with van der Waals surface area (Å²) >= 11 is 0. The topological polar surface area (TPSA) is 84.3 Å². The van der Waals surface area contributed by atoms with E-state index in [1.807, 2.05) is 44.2 Å². The molecule has 0 aliphatic carbocycles. The molecule has 0 spiro atoms. The fourth-order valence-corrected chi connectivity index (χ4v) is 3.54. The predicted molar refractivity (Wildman–Crippen MR) is 132 cm³/mol. The van der Waals surface area contributed by atoms with Crippen LogP contribution in [0.4, 0.5) is 4.79 Å². The number of carbonyl (C=O) groups excluding carboxylic acids is 2. The lowest BCUT2D eigenvalue weighted by atomic mass is 10.1. The zero-order valence-corrected chi connectivity index (χ0v) is 21.3. The predicted octanol–water partition coefficient (Wildman–Crippen LogP) is 4.25. The van der Waals surface area contributed by atoms with Gasteiger partial charge in [0.25, 0.3) is 0 Å². The number of rotatable bonds is 13. The Morgan fingerprint density at radius 2 is 1.76 bits per heavy atom. The van der Waals surface area contributed by atoms with E-state index in [1.54, 1.807) is 24.0 Å². The molecule has 0 unspecified atom stereocenters. The van der Waals surface area contributed by atoms with Crippen LogP contribution in [0.3, 0.4) is 0 Å². The van der Waals surface area contributed by atoms with Gasteiger partial charge >= 0.3 is 6.03 Å². The summed E-state index contributed by atoms with van der Waals surface area (Å²) in [6, 6.07) is 9.29. The van der Waals surface area contributed by atoms with Crippen LogP contribution in [0.5, 0.6) is 11.5 Å². The summed E-state index contributed by atoms with van der Waals surface area (Å²) in [6.07, 6.45) is 1.45. The average molecular weight is 474 g/mol. The van der Waals surface area contributed by atoms with Gasteiger partial charge in [-0.1, -0.05) is 19.9 Å². The highest BCUT2D eigenvalue weighted by atomic mass is 16.5. The van der Waals surface area contributed by atoms with Gasteiger partial charge in [0.1, 0.15) is 18.1 Å². The molecular formula is C26H39N3O5. The maximum Gasteiger partial charge on any atom is 0.317 e. The molecule has 1 heterocycles. The second-order valence-corrected chi connectivity index (χ2v) is 8.71. The molecule has 1 aromatic carbocycles. The van der Waals surface area contributed by atoms with Gasteiger partial charge in [-0.25, -0.2) is 4.79 Å². The normalized spacial score (nSPS) is 10.8. The Labute approximate surface area is 203 Å². The lowest BCUT2D eigenvalue weighted by Crippen LogP contribution is -2.47. The van der Waals surface area contributed by atoms with E-state index in [-0.39, 0.29) is 18.5 Å². The minimum absolute atomic E-state index is 0.0180. The van der Waals surface area contributed by atoms with Crippen LogP contribution in [0.2, 0.25) is 0 Å². The largest absolute Gasteiger partial charge is 0.493 e. The van der Waals surface area contributed by atoms with Gasteiger partial charge in [0.2, 0.25) is 5.91 Å². The summed E-state index contributed by atoms with van der Waals surface area (Å²) in [6.45, 7) is 9.83. The van der Waals surface area contributed by atoms with E-state index in [9.17, 15) is 9.59 Å². The van der Waals surface area contributed by atoms with Crippen LogP contribution < -0.4 is 14.8 Å². The molecule has 1 aromatic heterocycles. The van der Waals surface area contributed by atoms with Crippen molar-refractivity contribution in [2.45, 2.75) is 47.1 Å². The van der Waals surface area contributed by atoms with Crippen molar-refractivity contribution >= 4 is 11.9 Å². The third kappa shape index (κ3) is 8.32. The van der Waals surface area contributed by atoms with Gasteiger partial charge in [-0.05, 0) is 62.4 Å². The summed E-state index contributed by atoms with van der Waals surface area (Å²) in [5.74, 6) is 3.13. The highest BCUT2D eigenvalue weighted by Gasteiger charge is 2.22. The van der Waals surface area contributed by atoms with E-state index in [2.05, 4.69) is 19.2 Å². The van der Waals surface area contributed by atoms with Gasteiger partial charge in [-0.3, -0.25) is 4.79 Å². The molecule has 0 fully saturated rings. The Morgan fingerprint density at radius 3 is 2.35 bits per heavy atom. The molecular weight excluding hydrogens is 434 g/mol.